The van der Waals surface area contributed by atoms with Crippen LogP contribution < -0.4 is 5.32 Å². The number of hydrogen-bond acceptors (Lipinski definition) is 2. The highest BCUT2D eigenvalue weighted by Crippen LogP contribution is 2.16. The minimum absolute atomic E-state index is 0.00653. The molecule has 0 aromatic heterocycles. The number of hydrogen-bond donors (Lipinski definition) is 1. The molecule has 0 aliphatic rings. The lowest BCUT2D eigenvalue weighted by atomic mass is 10.1. The van der Waals surface area contributed by atoms with Crippen LogP contribution in [0.25, 0.3) is 0 Å². The molecule has 23 heavy (non-hydrogen) atoms. The Kier molecular flexibility index (Phi) is 5.51. The van der Waals surface area contributed by atoms with Crippen molar-refractivity contribution in [2.75, 3.05) is 6.54 Å². The van der Waals surface area contributed by atoms with Crippen LogP contribution in [0.4, 0.5) is 4.39 Å². The van der Waals surface area contributed by atoms with Gasteiger partial charge in [0.25, 0.3) is 5.91 Å². The summed E-state index contributed by atoms with van der Waals surface area (Å²) in [6.45, 7) is 1.62. The number of halogens is 2. The van der Waals surface area contributed by atoms with Crippen LogP contribution in [0.2, 0.25) is 5.02 Å². The minimum atomic E-state index is -0.500. The van der Waals surface area contributed by atoms with Crippen LogP contribution in [0.3, 0.4) is 0 Å². The third-order valence-corrected chi connectivity index (χ3v) is 3.35. The summed E-state index contributed by atoms with van der Waals surface area (Å²) in [7, 11) is 0. The molecule has 1 N–H and O–H groups in total. The van der Waals surface area contributed by atoms with E-state index in [0.717, 1.165) is 11.6 Å². The predicted octanol–water partition coefficient (Wildman–Crippen LogP) is 3.46. The Hall–Kier alpha value is -2.64. The molecule has 0 bridgehead atoms. The van der Waals surface area contributed by atoms with Crippen molar-refractivity contribution in [3.05, 3.63) is 70.0 Å². The molecule has 0 spiro atoms. The zero-order valence-electron chi connectivity index (χ0n) is 12.3. The third kappa shape index (κ3) is 4.67. The van der Waals surface area contributed by atoms with Crippen molar-refractivity contribution in [2.24, 2.45) is 0 Å². The summed E-state index contributed by atoms with van der Waals surface area (Å²) in [5.74, 6) is 4.74. The molecule has 1 amide bonds. The van der Waals surface area contributed by atoms with Crippen molar-refractivity contribution in [1.82, 2.24) is 5.32 Å². The van der Waals surface area contributed by atoms with Gasteiger partial charge in [0.15, 0.2) is 5.78 Å². The fourth-order valence-electron chi connectivity index (χ4n) is 1.83. The number of amides is 1. The van der Waals surface area contributed by atoms with E-state index in [9.17, 15) is 14.0 Å². The van der Waals surface area contributed by atoms with E-state index in [0.29, 0.717) is 5.56 Å². The molecule has 0 saturated carbocycles. The molecule has 116 valence electrons. The average molecular weight is 330 g/mol. The molecule has 0 radical (unpaired) electrons. The van der Waals surface area contributed by atoms with E-state index in [1.165, 1.54) is 19.1 Å². The first-order valence-corrected chi connectivity index (χ1v) is 7.18. The lowest BCUT2D eigenvalue weighted by Gasteiger charge is -2.03. The van der Waals surface area contributed by atoms with Gasteiger partial charge in [-0.1, -0.05) is 35.6 Å². The summed E-state index contributed by atoms with van der Waals surface area (Å²) in [6.07, 6.45) is 0. The summed E-state index contributed by atoms with van der Waals surface area (Å²) in [5, 5.41) is 2.64. The summed E-state index contributed by atoms with van der Waals surface area (Å²) in [4.78, 5) is 23.0. The van der Waals surface area contributed by atoms with Crippen molar-refractivity contribution in [1.29, 1.82) is 0 Å². The molecule has 2 aromatic carbocycles. The molecule has 0 fully saturated rings. The molecule has 0 atom stereocenters. The van der Waals surface area contributed by atoms with Crippen LogP contribution in [0, 0.1) is 17.7 Å². The number of benzene rings is 2. The topological polar surface area (TPSA) is 46.2 Å². The first-order valence-electron chi connectivity index (χ1n) is 6.80. The smallest absolute Gasteiger partial charge is 0.253 e. The van der Waals surface area contributed by atoms with Gasteiger partial charge in [0.2, 0.25) is 0 Å². The molecule has 0 saturated heterocycles. The van der Waals surface area contributed by atoms with Crippen LogP contribution in [-0.4, -0.2) is 18.2 Å². The van der Waals surface area contributed by atoms with E-state index in [-0.39, 0.29) is 22.9 Å². The zero-order valence-corrected chi connectivity index (χ0v) is 13.1. The number of nitrogens with one attached hydrogen (secondary N) is 1. The standard InChI is InChI=1S/C18H13ClFNO2/c1-12(22)14-6-4-13(5-7-14)3-2-10-21-18(23)16-9-8-15(20)11-17(16)19/h4-9,11H,10H2,1H3,(H,21,23). The second kappa shape index (κ2) is 7.57. The first kappa shape index (κ1) is 16.7. The van der Waals surface area contributed by atoms with E-state index >= 15 is 0 Å². The van der Waals surface area contributed by atoms with Crippen molar-refractivity contribution < 1.29 is 14.0 Å². The molecule has 0 unspecified atom stereocenters. The van der Waals surface area contributed by atoms with Gasteiger partial charge in [-0.3, -0.25) is 9.59 Å². The Balaban J connectivity index is 1.94. The van der Waals surface area contributed by atoms with E-state index < -0.39 is 11.7 Å². The zero-order chi connectivity index (χ0) is 16.8. The van der Waals surface area contributed by atoms with Crippen molar-refractivity contribution >= 4 is 23.3 Å². The summed E-state index contributed by atoms with van der Waals surface area (Å²) in [6, 6.07) is 10.4. The quantitative estimate of drug-likeness (QED) is 0.692. The summed E-state index contributed by atoms with van der Waals surface area (Å²) < 4.78 is 12.9. The third-order valence-electron chi connectivity index (χ3n) is 3.04. The van der Waals surface area contributed by atoms with Gasteiger partial charge in [0, 0.05) is 11.1 Å². The lowest BCUT2D eigenvalue weighted by Crippen LogP contribution is -2.23. The number of rotatable bonds is 3. The van der Waals surface area contributed by atoms with Gasteiger partial charge in [-0.2, -0.15) is 0 Å². The van der Waals surface area contributed by atoms with Gasteiger partial charge in [0.1, 0.15) is 5.82 Å². The van der Waals surface area contributed by atoms with Crippen molar-refractivity contribution in [3.8, 4) is 11.8 Å². The fraction of sp³-hybridized carbons (Fsp3) is 0.111. The van der Waals surface area contributed by atoms with E-state index in [4.69, 9.17) is 11.6 Å². The normalized spacial score (nSPS) is 9.70. The van der Waals surface area contributed by atoms with Gasteiger partial charge < -0.3 is 5.32 Å². The average Bonchev–Trinajstić information content (AvgIpc) is 2.51. The van der Waals surface area contributed by atoms with Crippen molar-refractivity contribution in [2.45, 2.75) is 6.92 Å². The van der Waals surface area contributed by atoms with Crippen LogP contribution >= 0.6 is 11.6 Å². The van der Waals surface area contributed by atoms with Crippen LogP contribution in [0.5, 0.6) is 0 Å². The maximum Gasteiger partial charge on any atom is 0.253 e. The second-order valence-electron chi connectivity index (χ2n) is 4.74. The number of carbonyl (C=O) groups excluding carboxylic acids is 2. The maximum absolute atomic E-state index is 12.9. The van der Waals surface area contributed by atoms with E-state index in [1.807, 2.05) is 0 Å². The Morgan fingerprint density at radius 1 is 1.17 bits per heavy atom. The Morgan fingerprint density at radius 2 is 1.87 bits per heavy atom. The maximum atomic E-state index is 12.9. The molecule has 0 aliphatic heterocycles. The van der Waals surface area contributed by atoms with Crippen molar-refractivity contribution in [3.63, 3.8) is 0 Å². The molecule has 0 aliphatic carbocycles. The largest absolute Gasteiger partial charge is 0.341 e. The molecule has 3 nitrogen and oxygen atoms in total. The van der Waals surface area contributed by atoms with Gasteiger partial charge >= 0.3 is 0 Å². The molecule has 5 heteroatoms. The Morgan fingerprint density at radius 3 is 2.48 bits per heavy atom. The van der Waals surface area contributed by atoms with E-state index in [2.05, 4.69) is 17.2 Å². The van der Waals surface area contributed by atoms with Gasteiger partial charge in [0.05, 0.1) is 17.1 Å². The lowest BCUT2D eigenvalue weighted by molar-refractivity contribution is 0.0957. The monoisotopic (exact) mass is 329 g/mol. The van der Waals surface area contributed by atoms with Gasteiger partial charge in [-0.05, 0) is 37.3 Å². The number of carbonyl (C=O) groups is 2. The highest BCUT2D eigenvalue weighted by Gasteiger charge is 2.09. The first-order chi connectivity index (χ1) is 11.0. The minimum Gasteiger partial charge on any atom is -0.341 e. The van der Waals surface area contributed by atoms with Crippen LogP contribution in [0.1, 0.15) is 33.2 Å². The highest BCUT2D eigenvalue weighted by molar-refractivity contribution is 6.33. The predicted molar refractivity (Wildman–Crippen MR) is 87.1 cm³/mol. The molecular weight excluding hydrogens is 317 g/mol. The van der Waals surface area contributed by atoms with Gasteiger partial charge in [-0.15, -0.1) is 0 Å². The summed E-state index contributed by atoms with van der Waals surface area (Å²) >= 11 is 5.81. The van der Waals surface area contributed by atoms with Crippen LogP contribution in [0.15, 0.2) is 42.5 Å². The second-order valence-corrected chi connectivity index (χ2v) is 5.15. The SMILES string of the molecule is CC(=O)c1ccc(C#CCNC(=O)c2ccc(F)cc2Cl)cc1. The summed E-state index contributed by atoms with van der Waals surface area (Å²) in [5.41, 5.74) is 1.56. The highest BCUT2D eigenvalue weighted by atomic mass is 35.5. The van der Waals surface area contributed by atoms with Crippen LogP contribution in [-0.2, 0) is 0 Å². The Labute approximate surface area is 138 Å². The van der Waals surface area contributed by atoms with E-state index in [1.54, 1.807) is 24.3 Å². The molecule has 2 aromatic rings. The number of Topliss-reactive ketones (excluding diaryl/α,β-unsaturated/α-hetero) is 1. The molecular formula is C18H13ClFNO2. The number of ketones is 1. The molecule has 0 heterocycles. The molecule has 2 rings (SSSR count). The van der Waals surface area contributed by atoms with Gasteiger partial charge in [-0.25, -0.2) is 4.39 Å². The Bertz CT molecular complexity index is 804. The fourth-order valence-corrected chi connectivity index (χ4v) is 2.08.